The Morgan fingerprint density at radius 3 is 2.68 bits per heavy atom. The molecule has 0 spiro atoms. The molecule has 152 valence electrons. The minimum absolute atomic E-state index is 0.391. The van der Waals surface area contributed by atoms with Gasteiger partial charge < -0.3 is 15.0 Å². The van der Waals surface area contributed by atoms with E-state index in [1.165, 1.54) is 22.3 Å². The van der Waals surface area contributed by atoms with E-state index < -0.39 is 0 Å². The van der Waals surface area contributed by atoms with Crippen molar-refractivity contribution in [2.24, 2.45) is 0 Å². The van der Waals surface area contributed by atoms with Gasteiger partial charge in [0.1, 0.15) is 5.75 Å². The number of rotatable bonds is 7. The Kier molecular flexibility index (Phi) is 7.11. The highest BCUT2D eigenvalue weighted by molar-refractivity contribution is 5.38. The molecule has 0 unspecified atom stereocenters. The van der Waals surface area contributed by atoms with Gasteiger partial charge in [0.05, 0.1) is 7.11 Å². The molecule has 0 radical (unpaired) electrons. The molecule has 1 aliphatic heterocycles. The summed E-state index contributed by atoms with van der Waals surface area (Å²) in [6.45, 7) is 9.54. The second-order valence-corrected chi connectivity index (χ2v) is 8.41. The molecule has 0 aromatic heterocycles. The molecule has 2 aromatic rings. The highest BCUT2D eigenvalue weighted by atomic mass is 16.5. The summed E-state index contributed by atoms with van der Waals surface area (Å²) in [5.74, 6) is 1.53. The van der Waals surface area contributed by atoms with Gasteiger partial charge in [-0.2, -0.15) is 0 Å². The summed E-state index contributed by atoms with van der Waals surface area (Å²) in [5, 5.41) is 3.73. The molecule has 4 nitrogen and oxygen atoms in total. The molecule has 1 atom stereocenters. The van der Waals surface area contributed by atoms with Gasteiger partial charge in [0.25, 0.3) is 0 Å². The lowest BCUT2D eigenvalue weighted by atomic mass is 9.92. The lowest BCUT2D eigenvalue weighted by Gasteiger charge is -2.35. The summed E-state index contributed by atoms with van der Waals surface area (Å²) in [7, 11) is 5.94. The molecule has 1 N–H and O–H groups in total. The number of nitrogens with one attached hydrogen (secondary N) is 1. The topological polar surface area (TPSA) is 27.7 Å². The first-order valence-corrected chi connectivity index (χ1v) is 10.3. The van der Waals surface area contributed by atoms with Crippen molar-refractivity contribution in [3.8, 4) is 5.75 Å². The zero-order chi connectivity index (χ0) is 20.1. The Labute approximate surface area is 170 Å². The Bertz CT molecular complexity index is 772. The normalized spacial score (nSPS) is 18.0. The molecular formula is C24H35N3O. The summed E-state index contributed by atoms with van der Waals surface area (Å²) in [6.07, 6.45) is 0. The molecule has 1 heterocycles. The molecule has 0 saturated carbocycles. The van der Waals surface area contributed by atoms with Crippen molar-refractivity contribution in [3.63, 3.8) is 0 Å². The van der Waals surface area contributed by atoms with Gasteiger partial charge >= 0.3 is 0 Å². The van der Waals surface area contributed by atoms with Gasteiger partial charge in [0.2, 0.25) is 0 Å². The van der Waals surface area contributed by atoms with Gasteiger partial charge in [-0.15, -0.1) is 0 Å². The van der Waals surface area contributed by atoms with Crippen molar-refractivity contribution in [1.29, 1.82) is 0 Å². The van der Waals surface area contributed by atoms with Crippen LogP contribution >= 0.6 is 0 Å². The maximum absolute atomic E-state index is 5.65. The van der Waals surface area contributed by atoms with Crippen LogP contribution in [0.15, 0.2) is 42.5 Å². The summed E-state index contributed by atoms with van der Waals surface area (Å²) in [4.78, 5) is 4.73. The zero-order valence-electron chi connectivity index (χ0n) is 18.0. The average Bonchev–Trinajstić information content (AvgIpc) is 2.69. The van der Waals surface area contributed by atoms with E-state index in [2.05, 4.69) is 85.5 Å². The van der Waals surface area contributed by atoms with E-state index in [0.717, 1.165) is 38.5 Å². The highest BCUT2D eigenvalue weighted by Crippen LogP contribution is 2.28. The lowest BCUT2D eigenvalue weighted by molar-refractivity contribution is 0.192. The molecule has 0 bridgehead atoms. The van der Waals surface area contributed by atoms with Crippen molar-refractivity contribution in [3.05, 3.63) is 64.7 Å². The Balaban J connectivity index is 1.72. The van der Waals surface area contributed by atoms with E-state index >= 15 is 0 Å². The van der Waals surface area contributed by atoms with E-state index in [1.807, 2.05) is 0 Å². The minimum atomic E-state index is 0.391. The first-order valence-electron chi connectivity index (χ1n) is 10.3. The van der Waals surface area contributed by atoms with Crippen LogP contribution in [0.4, 0.5) is 0 Å². The third kappa shape index (κ3) is 5.13. The third-order valence-corrected chi connectivity index (χ3v) is 5.50. The average molecular weight is 382 g/mol. The summed E-state index contributed by atoms with van der Waals surface area (Å²) >= 11 is 0. The molecule has 2 aromatic carbocycles. The van der Waals surface area contributed by atoms with Crippen LogP contribution in [0.3, 0.4) is 0 Å². The fourth-order valence-electron chi connectivity index (χ4n) is 4.13. The van der Waals surface area contributed by atoms with Gasteiger partial charge in [-0.1, -0.05) is 50.2 Å². The SMILES string of the molecule is COc1cc(CN2CCN[C@H](c3ccccc3C(C)C)C2)ccc1CN(C)C. The molecule has 28 heavy (non-hydrogen) atoms. The zero-order valence-corrected chi connectivity index (χ0v) is 18.0. The van der Waals surface area contributed by atoms with E-state index in [-0.39, 0.29) is 0 Å². The Morgan fingerprint density at radius 1 is 1.18 bits per heavy atom. The Morgan fingerprint density at radius 2 is 1.96 bits per heavy atom. The number of piperazine rings is 1. The summed E-state index contributed by atoms with van der Waals surface area (Å²) in [6, 6.07) is 15.9. The maximum Gasteiger partial charge on any atom is 0.123 e. The van der Waals surface area contributed by atoms with Crippen LogP contribution in [0.2, 0.25) is 0 Å². The van der Waals surface area contributed by atoms with Gasteiger partial charge in [0, 0.05) is 44.3 Å². The quantitative estimate of drug-likeness (QED) is 0.784. The van der Waals surface area contributed by atoms with E-state index in [0.29, 0.717) is 12.0 Å². The van der Waals surface area contributed by atoms with Crippen molar-refractivity contribution < 1.29 is 4.74 Å². The lowest BCUT2D eigenvalue weighted by Crippen LogP contribution is -2.45. The number of hydrogen-bond donors (Lipinski definition) is 1. The van der Waals surface area contributed by atoms with Crippen molar-refractivity contribution in [1.82, 2.24) is 15.1 Å². The van der Waals surface area contributed by atoms with Gasteiger partial charge in [0.15, 0.2) is 0 Å². The van der Waals surface area contributed by atoms with E-state index in [1.54, 1.807) is 7.11 Å². The van der Waals surface area contributed by atoms with Crippen LogP contribution in [0.5, 0.6) is 5.75 Å². The maximum atomic E-state index is 5.65. The second kappa shape index (κ2) is 9.55. The molecular weight excluding hydrogens is 346 g/mol. The van der Waals surface area contributed by atoms with Crippen LogP contribution in [0.25, 0.3) is 0 Å². The van der Waals surface area contributed by atoms with Crippen LogP contribution < -0.4 is 10.1 Å². The second-order valence-electron chi connectivity index (χ2n) is 8.41. The molecule has 0 aliphatic carbocycles. The molecule has 1 saturated heterocycles. The third-order valence-electron chi connectivity index (χ3n) is 5.50. The van der Waals surface area contributed by atoms with Crippen LogP contribution in [0, 0.1) is 0 Å². The largest absolute Gasteiger partial charge is 0.496 e. The van der Waals surface area contributed by atoms with Gasteiger partial charge in [-0.3, -0.25) is 4.90 Å². The predicted octanol–water partition coefficient (Wildman–Crippen LogP) is 4.03. The molecule has 1 fully saturated rings. The summed E-state index contributed by atoms with van der Waals surface area (Å²) in [5.41, 5.74) is 5.45. The van der Waals surface area contributed by atoms with Crippen molar-refractivity contribution in [2.75, 3.05) is 40.8 Å². The minimum Gasteiger partial charge on any atom is -0.496 e. The molecule has 4 heteroatoms. The van der Waals surface area contributed by atoms with E-state index in [9.17, 15) is 0 Å². The first kappa shape index (κ1) is 20.8. The number of hydrogen-bond acceptors (Lipinski definition) is 4. The van der Waals surface area contributed by atoms with Gasteiger partial charge in [-0.25, -0.2) is 0 Å². The number of nitrogens with zero attached hydrogens (tertiary/aromatic N) is 2. The smallest absolute Gasteiger partial charge is 0.123 e. The van der Waals surface area contributed by atoms with Crippen molar-refractivity contribution >= 4 is 0 Å². The highest BCUT2D eigenvalue weighted by Gasteiger charge is 2.23. The van der Waals surface area contributed by atoms with Crippen LogP contribution in [-0.4, -0.2) is 50.6 Å². The summed E-state index contributed by atoms with van der Waals surface area (Å²) < 4.78 is 5.65. The fraction of sp³-hybridized carbons (Fsp3) is 0.500. The van der Waals surface area contributed by atoms with Crippen molar-refractivity contribution in [2.45, 2.75) is 38.9 Å². The first-order chi connectivity index (χ1) is 13.5. The standard InChI is InChI=1S/C24H35N3O/c1-18(2)21-8-6-7-9-22(21)23-17-27(13-12-25-23)15-19-10-11-20(16-26(3)4)24(14-19)28-5/h6-11,14,18,23,25H,12-13,15-17H2,1-5H3/t23-/m0/s1. The molecule has 0 amide bonds. The Hall–Kier alpha value is -1.88. The molecule has 3 rings (SSSR count). The number of benzene rings is 2. The fourth-order valence-corrected chi connectivity index (χ4v) is 4.13. The predicted molar refractivity (Wildman–Crippen MR) is 117 cm³/mol. The van der Waals surface area contributed by atoms with Crippen LogP contribution in [-0.2, 0) is 13.1 Å². The monoisotopic (exact) mass is 381 g/mol. The van der Waals surface area contributed by atoms with Gasteiger partial charge in [-0.05, 0) is 42.8 Å². The molecule has 1 aliphatic rings. The number of methoxy groups -OCH3 is 1. The number of ether oxygens (including phenoxy) is 1. The van der Waals surface area contributed by atoms with E-state index in [4.69, 9.17) is 4.74 Å². The van der Waals surface area contributed by atoms with Crippen LogP contribution in [0.1, 0.15) is 48.1 Å².